The molecule has 1 fully saturated rings. The number of pyridine rings is 1. The van der Waals surface area contributed by atoms with Crippen LogP contribution in [0.3, 0.4) is 0 Å². The molecule has 1 aliphatic rings. The molecule has 3 aromatic rings. The lowest BCUT2D eigenvalue weighted by atomic mass is 9.91. The fourth-order valence-corrected chi connectivity index (χ4v) is 4.64. The number of thiophene rings is 1. The maximum Gasteiger partial charge on any atom is 0.409 e. The van der Waals surface area contributed by atoms with Gasteiger partial charge < -0.3 is 25.5 Å². The molecule has 9 heteroatoms. The van der Waals surface area contributed by atoms with Crippen LogP contribution in [0.25, 0.3) is 21.3 Å². The monoisotopic (exact) mass is 400 g/mol. The summed E-state index contributed by atoms with van der Waals surface area (Å²) in [5.41, 5.74) is 14.7. The number of methoxy groups -OCH3 is 1. The molecule has 146 valence electrons. The Balaban J connectivity index is 1.76. The largest absolute Gasteiger partial charge is 0.472 e. The average molecular weight is 400 g/mol. The van der Waals surface area contributed by atoms with E-state index in [1.54, 1.807) is 17.4 Å². The third-order valence-electron chi connectivity index (χ3n) is 5.12. The second-order valence-electron chi connectivity index (χ2n) is 6.73. The molecule has 0 aromatic carbocycles. The van der Waals surface area contributed by atoms with Crippen molar-refractivity contribution in [2.75, 3.05) is 25.9 Å². The van der Waals surface area contributed by atoms with Gasteiger partial charge in [-0.25, -0.2) is 9.78 Å². The highest BCUT2D eigenvalue weighted by molar-refractivity contribution is 7.21. The van der Waals surface area contributed by atoms with Crippen LogP contribution in [0.2, 0.25) is 0 Å². The maximum absolute atomic E-state index is 11.8. The first-order valence-corrected chi connectivity index (χ1v) is 9.69. The molecule has 3 aromatic heterocycles. The molecule has 1 saturated heterocycles. The zero-order valence-corrected chi connectivity index (χ0v) is 16.1. The average Bonchev–Trinajstić information content (AvgIpc) is 3.35. The minimum atomic E-state index is -0.563. The Morgan fingerprint density at radius 1 is 1.36 bits per heavy atom. The number of primary amides is 1. The number of fused-ring (bicyclic) bond motifs is 1. The number of hydrogen-bond acceptors (Lipinski definition) is 7. The van der Waals surface area contributed by atoms with Crippen LogP contribution in [0.4, 0.5) is 10.5 Å². The van der Waals surface area contributed by atoms with Gasteiger partial charge in [0.15, 0.2) is 0 Å². The number of ether oxygens (including phenoxy) is 1. The molecule has 4 rings (SSSR count). The minimum absolute atomic E-state index is 0.191. The summed E-state index contributed by atoms with van der Waals surface area (Å²) in [6.07, 6.45) is 4.48. The van der Waals surface area contributed by atoms with Gasteiger partial charge >= 0.3 is 6.09 Å². The van der Waals surface area contributed by atoms with Gasteiger partial charge in [0.05, 0.1) is 25.3 Å². The zero-order chi connectivity index (χ0) is 19.8. The molecular weight excluding hydrogens is 380 g/mol. The van der Waals surface area contributed by atoms with E-state index in [0.717, 1.165) is 35.0 Å². The van der Waals surface area contributed by atoms with Crippen molar-refractivity contribution >= 4 is 39.2 Å². The summed E-state index contributed by atoms with van der Waals surface area (Å²) < 4.78 is 10.0. The second-order valence-corrected chi connectivity index (χ2v) is 7.73. The minimum Gasteiger partial charge on any atom is -0.472 e. The van der Waals surface area contributed by atoms with Crippen molar-refractivity contribution in [2.45, 2.75) is 18.8 Å². The first-order valence-electron chi connectivity index (χ1n) is 8.87. The lowest BCUT2D eigenvalue weighted by Crippen LogP contribution is -2.37. The van der Waals surface area contributed by atoms with Crippen molar-refractivity contribution in [3.63, 3.8) is 0 Å². The van der Waals surface area contributed by atoms with Gasteiger partial charge in [0.2, 0.25) is 0 Å². The summed E-state index contributed by atoms with van der Waals surface area (Å²) in [6.45, 7) is 1.22. The molecule has 0 radical (unpaired) electrons. The molecule has 0 atom stereocenters. The highest BCUT2D eigenvalue weighted by Gasteiger charge is 2.27. The zero-order valence-electron chi connectivity index (χ0n) is 15.3. The van der Waals surface area contributed by atoms with Crippen LogP contribution in [0.15, 0.2) is 29.1 Å². The summed E-state index contributed by atoms with van der Waals surface area (Å²) in [6, 6.07) is 3.85. The molecule has 28 heavy (non-hydrogen) atoms. The number of hydrogen-bond donors (Lipinski definition) is 2. The maximum atomic E-state index is 11.8. The highest BCUT2D eigenvalue weighted by Crippen LogP contribution is 2.41. The van der Waals surface area contributed by atoms with E-state index in [1.165, 1.54) is 18.4 Å². The van der Waals surface area contributed by atoms with Crippen molar-refractivity contribution in [1.82, 2.24) is 9.88 Å². The van der Waals surface area contributed by atoms with Crippen LogP contribution in [0, 0.1) is 0 Å². The lowest BCUT2D eigenvalue weighted by Gasteiger charge is -2.30. The number of aromatic nitrogens is 1. The number of carbonyl (C=O) groups is 2. The topological polar surface area (TPSA) is 125 Å². The number of nitrogen functional groups attached to an aromatic ring is 1. The molecule has 0 aliphatic carbocycles. The summed E-state index contributed by atoms with van der Waals surface area (Å²) in [7, 11) is 1.39. The fourth-order valence-electron chi connectivity index (χ4n) is 3.66. The van der Waals surface area contributed by atoms with E-state index >= 15 is 0 Å². The van der Waals surface area contributed by atoms with Gasteiger partial charge in [0.1, 0.15) is 9.71 Å². The van der Waals surface area contributed by atoms with Gasteiger partial charge in [-0.05, 0) is 30.5 Å². The Kier molecular flexibility index (Phi) is 4.68. The highest BCUT2D eigenvalue weighted by atomic mass is 32.1. The molecule has 1 aliphatic heterocycles. The van der Waals surface area contributed by atoms with Gasteiger partial charge in [0.25, 0.3) is 5.91 Å². The summed E-state index contributed by atoms with van der Waals surface area (Å²) in [5.74, 6) is -0.372. The number of nitrogens with zero attached hydrogens (tertiary/aromatic N) is 2. The van der Waals surface area contributed by atoms with E-state index in [0.29, 0.717) is 28.5 Å². The van der Waals surface area contributed by atoms with Crippen LogP contribution in [-0.2, 0) is 4.74 Å². The molecule has 2 amide bonds. The summed E-state index contributed by atoms with van der Waals surface area (Å²) in [4.78, 5) is 31.0. The van der Waals surface area contributed by atoms with Crippen molar-refractivity contribution < 1.29 is 18.7 Å². The van der Waals surface area contributed by atoms with E-state index in [9.17, 15) is 9.59 Å². The Labute approximate surface area is 165 Å². The lowest BCUT2D eigenvalue weighted by molar-refractivity contribution is 0.100. The Morgan fingerprint density at radius 2 is 2.11 bits per heavy atom. The van der Waals surface area contributed by atoms with E-state index in [2.05, 4.69) is 0 Å². The van der Waals surface area contributed by atoms with E-state index in [1.807, 2.05) is 12.1 Å². The molecule has 0 saturated carbocycles. The SMILES string of the molecule is COC(=O)N1CCC(c2cc(-c3ccoc3)c3c(N)c(C(N)=O)sc3n2)CC1. The smallest absolute Gasteiger partial charge is 0.409 e. The molecule has 4 N–H and O–H groups in total. The van der Waals surface area contributed by atoms with Gasteiger partial charge in [-0.15, -0.1) is 11.3 Å². The Hall–Kier alpha value is -3.07. The number of likely N-dealkylation sites (tertiary alicyclic amines) is 1. The molecular formula is C19H20N4O4S. The van der Waals surface area contributed by atoms with Crippen molar-refractivity contribution in [1.29, 1.82) is 0 Å². The standard InChI is InChI=1S/C19H20N4O4S/c1-26-19(25)23-5-2-10(3-6-23)13-8-12(11-4-7-27-9-11)14-15(20)16(17(21)24)28-18(14)22-13/h4,7-10H,2-3,5-6,20H2,1H3,(H2,21,24). The first-order chi connectivity index (χ1) is 13.5. The predicted molar refractivity (Wildman–Crippen MR) is 106 cm³/mol. The van der Waals surface area contributed by atoms with Crippen LogP contribution >= 0.6 is 11.3 Å². The summed E-state index contributed by atoms with van der Waals surface area (Å²) >= 11 is 1.20. The number of carbonyl (C=O) groups excluding carboxylic acids is 2. The number of nitrogens with two attached hydrogens (primary N) is 2. The molecule has 0 spiro atoms. The number of amides is 2. The summed E-state index contributed by atoms with van der Waals surface area (Å²) in [5, 5.41) is 0.718. The van der Waals surface area contributed by atoms with Crippen molar-refractivity contribution in [3.05, 3.63) is 35.2 Å². The number of rotatable bonds is 3. The first kappa shape index (κ1) is 18.3. The van der Waals surface area contributed by atoms with E-state index in [4.69, 9.17) is 25.6 Å². The second kappa shape index (κ2) is 7.16. The van der Waals surface area contributed by atoms with Crippen molar-refractivity contribution in [2.24, 2.45) is 5.73 Å². The van der Waals surface area contributed by atoms with Crippen LogP contribution in [0.1, 0.15) is 34.1 Å². The van der Waals surface area contributed by atoms with Crippen LogP contribution in [-0.4, -0.2) is 42.1 Å². The normalized spacial score (nSPS) is 15.1. The van der Waals surface area contributed by atoms with E-state index < -0.39 is 5.91 Å². The van der Waals surface area contributed by atoms with E-state index in [-0.39, 0.29) is 12.0 Å². The van der Waals surface area contributed by atoms with Gasteiger partial charge in [0, 0.05) is 35.7 Å². The van der Waals surface area contributed by atoms with Crippen LogP contribution < -0.4 is 11.5 Å². The molecule has 4 heterocycles. The quantitative estimate of drug-likeness (QED) is 0.696. The molecule has 8 nitrogen and oxygen atoms in total. The van der Waals surface area contributed by atoms with Crippen molar-refractivity contribution in [3.8, 4) is 11.1 Å². The third kappa shape index (κ3) is 3.07. The predicted octanol–water partition coefficient (Wildman–Crippen LogP) is 3.18. The Morgan fingerprint density at radius 3 is 2.71 bits per heavy atom. The third-order valence-corrected chi connectivity index (χ3v) is 6.23. The Bertz CT molecular complexity index is 1040. The number of furan rings is 1. The van der Waals surface area contributed by atoms with Crippen LogP contribution in [0.5, 0.6) is 0 Å². The van der Waals surface area contributed by atoms with Gasteiger partial charge in [-0.1, -0.05) is 0 Å². The van der Waals surface area contributed by atoms with Gasteiger partial charge in [-0.3, -0.25) is 4.79 Å². The number of piperidine rings is 1. The molecule has 0 bridgehead atoms. The fraction of sp³-hybridized carbons (Fsp3) is 0.316. The number of anilines is 1. The van der Waals surface area contributed by atoms with Gasteiger partial charge in [-0.2, -0.15) is 0 Å². The molecule has 0 unspecified atom stereocenters.